The summed E-state index contributed by atoms with van der Waals surface area (Å²) in [5, 5.41) is 17.5. The van der Waals surface area contributed by atoms with Crippen molar-refractivity contribution >= 4 is 23.0 Å². The molecule has 24 heavy (non-hydrogen) atoms. The number of hydrogen-bond donors (Lipinski definition) is 1. The highest BCUT2D eigenvalue weighted by molar-refractivity contribution is 7.08. The van der Waals surface area contributed by atoms with Gasteiger partial charge in [0, 0.05) is 5.56 Å². The summed E-state index contributed by atoms with van der Waals surface area (Å²) < 4.78 is 40.2. The monoisotopic (exact) mass is 354 g/mol. The predicted molar refractivity (Wildman–Crippen MR) is 83.5 cm³/mol. The van der Waals surface area contributed by atoms with Crippen molar-refractivity contribution in [3.63, 3.8) is 0 Å². The number of alkyl halides is 3. The molecule has 1 N–H and O–H groups in total. The Morgan fingerprint density at radius 2 is 2.00 bits per heavy atom. The van der Waals surface area contributed by atoms with Gasteiger partial charge in [-0.15, -0.1) is 0 Å². The summed E-state index contributed by atoms with van der Waals surface area (Å²) in [5.74, 6) is -0.911. The van der Waals surface area contributed by atoms with Gasteiger partial charge in [0.2, 0.25) is 5.91 Å². The number of rotatable bonds is 3. The maximum atomic E-state index is 13.4. The van der Waals surface area contributed by atoms with Crippen LogP contribution < -0.4 is 0 Å². The summed E-state index contributed by atoms with van der Waals surface area (Å²) >= 11 is 1.30. The Labute approximate surface area is 139 Å². The van der Waals surface area contributed by atoms with E-state index >= 15 is 0 Å². The van der Waals surface area contributed by atoms with E-state index < -0.39 is 24.2 Å². The normalized spacial score (nSPS) is 21.0. The molecule has 0 aliphatic carbocycles. The molecule has 1 atom stereocenters. The number of carbonyl (C=O) groups is 1. The van der Waals surface area contributed by atoms with Crippen molar-refractivity contribution in [1.82, 2.24) is 5.01 Å². The third-order valence-electron chi connectivity index (χ3n) is 3.73. The molecule has 1 aromatic carbocycles. The maximum absolute atomic E-state index is 13.4. The van der Waals surface area contributed by atoms with Gasteiger partial charge in [-0.05, 0) is 22.4 Å². The Morgan fingerprint density at radius 1 is 1.29 bits per heavy atom. The highest BCUT2D eigenvalue weighted by atomic mass is 32.1. The van der Waals surface area contributed by atoms with Crippen LogP contribution in [-0.4, -0.2) is 33.6 Å². The molecule has 126 valence electrons. The summed E-state index contributed by atoms with van der Waals surface area (Å²) in [6.07, 6.45) is -6.08. The molecule has 0 saturated heterocycles. The van der Waals surface area contributed by atoms with Crippen molar-refractivity contribution in [2.75, 3.05) is 0 Å². The Bertz CT molecular complexity index is 759. The number of benzene rings is 1. The quantitative estimate of drug-likeness (QED) is 0.920. The number of nitrogens with zero attached hydrogens (tertiary/aromatic N) is 2. The van der Waals surface area contributed by atoms with E-state index in [-0.39, 0.29) is 17.1 Å². The van der Waals surface area contributed by atoms with E-state index in [2.05, 4.69) is 5.10 Å². The van der Waals surface area contributed by atoms with Gasteiger partial charge in [0.25, 0.3) is 5.72 Å². The Morgan fingerprint density at radius 3 is 2.58 bits per heavy atom. The molecule has 1 amide bonds. The Kier molecular flexibility index (Phi) is 4.18. The van der Waals surface area contributed by atoms with E-state index in [9.17, 15) is 23.1 Å². The first-order chi connectivity index (χ1) is 11.3. The molecule has 1 unspecified atom stereocenters. The minimum Gasteiger partial charge on any atom is -0.362 e. The smallest absolute Gasteiger partial charge is 0.362 e. The van der Waals surface area contributed by atoms with Crippen molar-refractivity contribution in [3.05, 3.63) is 58.3 Å². The number of aliphatic hydroxyl groups is 1. The fourth-order valence-electron chi connectivity index (χ4n) is 2.46. The van der Waals surface area contributed by atoms with Crippen LogP contribution in [0.4, 0.5) is 13.2 Å². The van der Waals surface area contributed by atoms with Crippen LogP contribution >= 0.6 is 11.3 Å². The van der Waals surface area contributed by atoms with Gasteiger partial charge in [0.15, 0.2) is 0 Å². The minimum absolute atomic E-state index is 0.0393. The van der Waals surface area contributed by atoms with Crippen LogP contribution in [0.2, 0.25) is 0 Å². The molecule has 0 fully saturated rings. The van der Waals surface area contributed by atoms with Crippen LogP contribution in [0.5, 0.6) is 0 Å². The van der Waals surface area contributed by atoms with Gasteiger partial charge in [-0.25, -0.2) is 0 Å². The second-order valence-electron chi connectivity index (χ2n) is 5.42. The van der Waals surface area contributed by atoms with Crippen molar-refractivity contribution in [2.45, 2.75) is 24.7 Å². The lowest BCUT2D eigenvalue weighted by molar-refractivity contribution is -0.302. The molecular formula is C16H13F3N2O2S. The zero-order valence-corrected chi connectivity index (χ0v) is 13.1. The maximum Gasteiger partial charge on any atom is 0.438 e. The van der Waals surface area contributed by atoms with E-state index in [1.165, 1.54) is 11.3 Å². The number of halogens is 3. The molecule has 4 nitrogen and oxygen atoms in total. The average molecular weight is 354 g/mol. The molecule has 1 aliphatic rings. The molecule has 3 rings (SSSR count). The summed E-state index contributed by atoms with van der Waals surface area (Å²) in [4.78, 5) is 12.4. The largest absolute Gasteiger partial charge is 0.438 e. The predicted octanol–water partition coefficient (Wildman–Crippen LogP) is 3.18. The van der Waals surface area contributed by atoms with Crippen LogP contribution in [0.3, 0.4) is 0 Å². The first-order valence-electron chi connectivity index (χ1n) is 7.07. The molecule has 2 aromatic rings. The number of hydrogen-bond acceptors (Lipinski definition) is 4. The lowest BCUT2D eigenvalue weighted by atomic mass is 10.0. The van der Waals surface area contributed by atoms with Gasteiger partial charge in [-0.3, -0.25) is 4.79 Å². The van der Waals surface area contributed by atoms with Gasteiger partial charge in [0.05, 0.1) is 18.6 Å². The molecule has 0 spiro atoms. The molecule has 0 bridgehead atoms. The number of carbonyl (C=O) groups excluding carboxylic acids is 1. The number of hydrazone groups is 1. The van der Waals surface area contributed by atoms with E-state index in [0.717, 1.165) is 0 Å². The minimum atomic E-state index is -5.01. The van der Waals surface area contributed by atoms with Crippen LogP contribution in [0.1, 0.15) is 17.5 Å². The number of amides is 1. The van der Waals surface area contributed by atoms with E-state index in [1.54, 1.807) is 47.2 Å². The third-order valence-corrected chi connectivity index (χ3v) is 4.41. The first kappa shape index (κ1) is 16.7. The fourth-order valence-corrected chi connectivity index (χ4v) is 3.13. The second kappa shape index (κ2) is 6.03. The SMILES string of the molecule is O=C(Cc1ccccc1)N1N=C(c2ccsc2)CC1(O)C(F)(F)F. The molecule has 0 saturated carbocycles. The van der Waals surface area contributed by atoms with Crippen molar-refractivity contribution in [2.24, 2.45) is 5.10 Å². The lowest BCUT2D eigenvalue weighted by Gasteiger charge is -2.32. The molecule has 8 heteroatoms. The van der Waals surface area contributed by atoms with Crippen molar-refractivity contribution < 1.29 is 23.1 Å². The summed E-state index contributed by atoms with van der Waals surface area (Å²) in [5.41, 5.74) is -2.27. The third kappa shape index (κ3) is 2.94. The van der Waals surface area contributed by atoms with Crippen LogP contribution in [0.15, 0.2) is 52.3 Å². The average Bonchev–Trinajstić information content (AvgIpc) is 3.15. The molecular weight excluding hydrogens is 341 g/mol. The summed E-state index contributed by atoms with van der Waals surface area (Å²) in [6, 6.07) is 9.97. The zero-order valence-electron chi connectivity index (χ0n) is 12.3. The Hall–Kier alpha value is -2.19. The molecule has 0 radical (unpaired) electrons. The topological polar surface area (TPSA) is 52.9 Å². The molecule has 1 aromatic heterocycles. The summed E-state index contributed by atoms with van der Waals surface area (Å²) in [6.45, 7) is 0. The molecule has 1 aliphatic heterocycles. The fraction of sp³-hybridized carbons (Fsp3) is 0.250. The van der Waals surface area contributed by atoms with Gasteiger partial charge >= 0.3 is 6.18 Å². The van der Waals surface area contributed by atoms with E-state index in [4.69, 9.17) is 0 Å². The van der Waals surface area contributed by atoms with Crippen molar-refractivity contribution in [1.29, 1.82) is 0 Å². The Balaban J connectivity index is 1.93. The van der Waals surface area contributed by atoms with Crippen LogP contribution in [0, 0.1) is 0 Å². The van der Waals surface area contributed by atoms with Gasteiger partial charge in [-0.2, -0.15) is 34.6 Å². The van der Waals surface area contributed by atoms with Crippen LogP contribution in [-0.2, 0) is 11.2 Å². The standard InChI is InChI=1S/C16H13F3N2O2S/c17-16(18,19)15(23)9-13(12-6-7-24-10-12)20-21(15)14(22)8-11-4-2-1-3-5-11/h1-7,10,23H,8-9H2. The van der Waals surface area contributed by atoms with Gasteiger partial charge in [-0.1, -0.05) is 30.3 Å². The van der Waals surface area contributed by atoms with Gasteiger partial charge < -0.3 is 5.11 Å². The van der Waals surface area contributed by atoms with Crippen LogP contribution in [0.25, 0.3) is 0 Å². The second-order valence-corrected chi connectivity index (χ2v) is 6.20. The summed E-state index contributed by atoms with van der Waals surface area (Å²) in [7, 11) is 0. The van der Waals surface area contributed by atoms with E-state index in [1.807, 2.05) is 0 Å². The molecule has 2 heterocycles. The lowest BCUT2D eigenvalue weighted by Crippen LogP contribution is -2.57. The highest BCUT2D eigenvalue weighted by Gasteiger charge is 2.63. The number of thiophene rings is 1. The first-order valence-corrected chi connectivity index (χ1v) is 8.02. The van der Waals surface area contributed by atoms with Crippen molar-refractivity contribution in [3.8, 4) is 0 Å². The van der Waals surface area contributed by atoms with E-state index in [0.29, 0.717) is 11.1 Å². The van der Waals surface area contributed by atoms with Gasteiger partial charge in [0.1, 0.15) is 0 Å². The zero-order chi connectivity index (χ0) is 17.4. The highest BCUT2D eigenvalue weighted by Crippen LogP contribution is 2.41.